The van der Waals surface area contributed by atoms with Gasteiger partial charge in [-0.3, -0.25) is 4.90 Å². The van der Waals surface area contributed by atoms with Gasteiger partial charge in [0.05, 0.1) is 6.54 Å². The molecule has 78 valence electrons. The van der Waals surface area contributed by atoms with Gasteiger partial charge < -0.3 is 5.73 Å². The van der Waals surface area contributed by atoms with E-state index in [1.165, 1.54) is 11.9 Å². The van der Waals surface area contributed by atoms with Crippen molar-refractivity contribution in [2.45, 2.75) is 25.1 Å². The first-order valence-corrected chi connectivity index (χ1v) is 4.39. The molecule has 0 aromatic carbocycles. The number of rotatable bonds is 4. The van der Waals surface area contributed by atoms with Crippen LogP contribution < -0.4 is 5.73 Å². The molecule has 0 heterocycles. The van der Waals surface area contributed by atoms with Crippen LogP contribution in [0.1, 0.15) is 12.8 Å². The van der Waals surface area contributed by atoms with E-state index in [-0.39, 0.29) is 6.04 Å². The summed E-state index contributed by atoms with van der Waals surface area (Å²) in [6, 6.07) is -0.0904. The lowest BCUT2D eigenvalue weighted by Crippen LogP contribution is -2.41. The summed E-state index contributed by atoms with van der Waals surface area (Å²) in [6.45, 7) is -0.530. The third-order valence-corrected chi connectivity index (χ3v) is 2.20. The number of nitrogens with zero attached hydrogens (tertiary/aromatic N) is 1. The largest absolute Gasteiger partial charge is 0.401 e. The first-order chi connectivity index (χ1) is 5.88. The zero-order valence-electron chi connectivity index (χ0n) is 7.64. The van der Waals surface area contributed by atoms with Crippen molar-refractivity contribution in [1.82, 2.24) is 4.90 Å². The van der Waals surface area contributed by atoms with Crippen molar-refractivity contribution >= 4 is 0 Å². The zero-order valence-corrected chi connectivity index (χ0v) is 7.64. The summed E-state index contributed by atoms with van der Waals surface area (Å²) < 4.78 is 35.7. The SMILES string of the molecule is CN(CC(N)C1CC1)CC(F)(F)F. The summed E-state index contributed by atoms with van der Waals surface area (Å²) in [5.74, 6) is 0.454. The molecule has 2 N–H and O–H groups in total. The molecule has 1 saturated carbocycles. The highest BCUT2D eigenvalue weighted by molar-refractivity contribution is 4.85. The van der Waals surface area contributed by atoms with Gasteiger partial charge in [0.2, 0.25) is 0 Å². The second-order valence-corrected chi connectivity index (χ2v) is 3.81. The molecule has 0 aromatic rings. The summed E-state index contributed by atoms with van der Waals surface area (Å²) in [5, 5.41) is 0. The molecule has 1 atom stereocenters. The Bertz CT molecular complexity index is 165. The average molecular weight is 196 g/mol. The molecule has 13 heavy (non-hydrogen) atoms. The molecule has 1 aliphatic carbocycles. The average Bonchev–Trinajstić information content (AvgIpc) is 2.60. The Morgan fingerprint density at radius 3 is 2.38 bits per heavy atom. The number of alkyl halides is 3. The van der Waals surface area contributed by atoms with Crippen LogP contribution in [0.2, 0.25) is 0 Å². The van der Waals surface area contributed by atoms with Gasteiger partial charge in [-0.2, -0.15) is 13.2 Å². The Hall–Kier alpha value is -0.290. The van der Waals surface area contributed by atoms with E-state index in [1.54, 1.807) is 0 Å². The summed E-state index contributed by atoms with van der Waals surface area (Å²) in [6.07, 6.45) is -1.97. The maximum Gasteiger partial charge on any atom is 0.401 e. The van der Waals surface area contributed by atoms with Gasteiger partial charge in [0.15, 0.2) is 0 Å². The molecule has 0 aromatic heterocycles. The van der Waals surface area contributed by atoms with E-state index in [1.807, 2.05) is 0 Å². The van der Waals surface area contributed by atoms with Crippen molar-refractivity contribution < 1.29 is 13.2 Å². The normalized spacial score (nSPS) is 20.8. The molecule has 5 heteroatoms. The van der Waals surface area contributed by atoms with Crippen LogP contribution in [-0.4, -0.2) is 37.3 Å². The van der Waals surface area contributed by atoms with E-state index < -0.39 is 12.7 Å². The van der Waals surface area contributed by atoms with Crippen molar-refractivity contribution in [3.8, 4) is 0 Å². The number of halogens is 3. The van der Waals surface area contributed by atoms with Crippen LogP contribution in [-0.2, 0) is 0 Å². The molecule has 1 fully saturated rings. The number of hydrogen-bond donors (Lipinski definition) is 1. The quantitative estimate of drug-likeness (QED) is 0.732. The smallest absolute Gasteiger partial charge is 0.326 e. The Balaban J connectivity index is 2.19. The minimum absolute atomic E-state index is 0.0904. The Morgan fingerprint density at radius 2 is 2.00 bits per heavy atom. The fraction of sp³-hybridized carbons (Fsp3) is 1.00. The lowest BCUT2D eigenvalue weighted by Gasteiger charge is -2.22. The molecule has 0 amide bonds. The first kappa shape index (κ1) is 10.8. The highest BCUT2D eigenvalue weighted by atomic mass is 19.4. The van der Waals surface area contributed by atoms with Crippen molar-refractivity contribution in [3.05, 3.63) is 0 Å². The highest BCUT2D eigenvalue weighted by Crippen LogP contribution is 2.31. The minimum Gasteiger partial charge on any atom is -0.326 e. The number of hydrogen-bond acceptors (Lipinski definition) is 2. The van der Waals surface area contributed by atoms with Crippen LogP contribution in [0.3, 0.4) is 0 Å². The van der Waals surface area contributed by atoms with Crippen molar-refractivity contribution in [2.24, 2.45) is 11.7 Å². The van der Waals surface area contributed by atoms with Crippen molar-refractivity contribution in [3.63, 3.8) is 0 Å². The molecule has 0 radical (unpaired) electrons. The molecule has 0 aliphatic heterocycles. The van der Waals surface area contributed by atoms with Crippen molar-refractivity contribution in [2.75, 3.05) is 20.1 Å². The molecule has 1 unspecified atom stereocenters. The highest BCUT2D eigenvalue weighted by Gasteiger charge is 2.33. The molecule has 0 saturated heterocycles. The third-order valence-electron chi connectivity index (χ3n) is 2.20. The van der Waals surface area contributed by atoms with Gasteiger partial charge in [0.25, 0.3) is 0 Å². The second-order valence-electron chi connectivity index (χ2n) is 3.81. The monoisotopic (exact) mass is 196 g/mol. The van der Waals surface area contributed by atoms with E-state index in [2.05, 4.69) is 0 Å². The fourth-order valence-electron chi connectivity index (χ4n) is 1.40. The molecule has 0 spiro atoms. The Kier molecular flexibility index (Phi) is 3.18. The standard InChI is InChI=1S/C8H15F3N2/c1-13(5-8(9,10)11)4-7(12)6-2-3-6/h6-7H,2-5,12H2,1H3. The van der Waals surface area contributed by atoms with E-state index in [0.29, 0.717) is 12.5 Å². The van der Waals surface area contributed by atoms with Crippen molar-refractivity contribution in [1.29, 1.82) is 0 Å². The Labute approximate surface area is 75.9 Å². The third kappa shape index (κ3) is 4.47. The molecular formula is C8H15F3N2. The summed E-state index contributed by atoms with van der Waals surface area (Å²) in [7, 11) is 1.45. The molecule has 1 aliphatic rings. The van der Waals surface area contributed by atoms with Gasteiger partial charge in [0.1, 0.15) is 0 Å². The van der Waals surface area contributed by atoms with Gasteiger partial charge in [-0.05, 0) is 25.8 Å². The van der Waals surface area contributed by atoms with Gasteiger partial charge in [-0.15, -0.1) is 0 Å². The lowest BCUT2D eigenvalue weighted by molar-refractivity contribution is -0.143. The summed E-state index contributed by atoms with van der Waals surface area (Å²) in [5.41, 5.74) is 5.69. The molecule has 1 rings (SSSR count). The maximum absolute atomic E-state index is 11.9. The topological polar surface area (TPSA) is 29.3 Å². The predicted octanol–water partition coefficient (Wildman–Crippen LogP) is 1.22. The second kappa shape index (κ2) is 3.84. The number of likely N-dealkylation sites (N-methyl/N-ethyl adjacent to an activating group) is 1. The van der Waals surface area contributed by atoms with Crippen LogP contribution in [0.5, 0.6) is 0 Å². The van der Waals surface area contributed by atoms with Crippen LogP contribution in [0.15, 0.2) is 0 Å². The van der Waals surface area contributed by atoms with E-state index in [9.17, 15) is 13.2 Å². The van der Waals surface area contributed by atoms with Crippen LogP contribution in [0.25, 0.3) is 0 Å². The van der Waals surface area contributed by atoms with Gasteiger partial charge >= 0.3 is 6.18 Å². The van der Waals surface area contributed by atoms with Gasteiger partial charge in [-0.25, -0.2) is 0 Å². The zero-order chi connectivity index (χ0) is 10.1. The maximum atomic E-state index is 11.9. The predicted molar refractivity (Wildman–Crippen MR) is 44.3 cm³/mol. The summed E-state index contributed by atoms with van der Waals surface area (Å²) in [4.78, 5) is 1.24. The minimum atomic E-state index is -4.11. The lowest BCUT2D eigenvalue weighted by atomic mass is 10.2. The van der Waals surface area contributed by atoms with Crippen LogP contribution in [0.4, 0.5) is 13.2 Å². The van der Waals surface area contributed by atoms with Crippen LogP contribution >= 0.6 is 0 Å². The van der Waals surface area contributed by atoms with Gasteiger partial charge in [-0.1, -0.05) is 0 Å². The Morgan fingerprint density at radius 1 is 1.46 bits per heavy atom. The van der Waals surface area contributed by atoms with Crippen LogP contribution in [0, 0.1) is 5.92 Å². The van der Waals surface area contributed by atoms with E-state index in [4.69, 9.17) is 5.73 Å². The number of nitrogens with two attached hydrogens (primary N) is 1. The molecule has 0 bridgehead atoms. The molecule has 2 nitrogen and oxygen atoms in total. The fourth-order valence-corrected chi connectivity index (χ4v) is 1.40. The first-order valence-electron chi connectivity index (χ1n) is 4.39. The van der Waals surface area contributed by atoms with E-state index in [0.717, 1.165) is 12.8 Å². The molecular weight excluding hydrogens is 181 g/mol. The van der Waals surface area contributed by atoms with E-state index >= 15 is 0 Å². The summed E-state index contributed by atoms with van der Waals surface area (Å²) >= 11 is 0. The van der Waals surface area contributed by atoms with Gasteiger partial charge in [0, 0.05) is 12.6 Å².